The Kier molecular flexibility index (Phi) is 6.15. The number of aromatic amines is 1. The summed E-state index contributed by atoms with van der Waals surface area (Å²) < 4.78 is 0. The van der Waals surface area contributed by atoms with Crippen LogP contribution in [0.2, 0.25) is 0 Å². The van der Waals surface area contributed by atoms with Gasteiger partial charge in [0.15, 0.2) is 0 Å². The highest BCUT2D eigenvalue weighted by Crippen LogP contribution is 2.39. The van der Waals surface area contributed by atoms with Gasteiger partial charge in [-0.15, -0.1) is 0 Å². The van der Waals surface area contributed by atoms with Gasteiger partial charge in [0.1, 0.15) is 0 Å². The van der Waals surface area contributed by atoms with Gasteiger partial charge >= 0.3 is 0 Å². The first-order valence-electron chi connectivity index (χ1n) is 12.2. The third kappa shape index (κ3) is 4.77. The first-order valence-corrected chi connectivity index (χ1v) is 13.0. The van der Waals surface area contributed by atoms with Gasteiger partial charge in [0.2, 0.25) is 0 Å². The molecule has 1 fully saturated rings. The predicted molar refractivity (Wildman–Crippen MR) is 142 cm³/mol. The van der Waals surface area contributed by atoms with Crippen LogP contribution in [0, 0.1) is 0 Å². The summed E-state index contributed by atoms with van der Waals surface area (Å²) in [5, 5.41) is 11.6. The summed E-state index contributed by atoms with van der Waals surface area (Å²) in [6.45, 7) is 3.76. The van der Waals surface area contributed by atoms with Gasteiger partial charge in [0.05, 0.1) is 16.1 Å². The largest absolute Gasteiger partial charge is 0.348 e. The van der Waals surface area contributed by atoms with Crippen LogP contribution in [0.4, 0.5) is 0 Å². The maximum absolute atomic E-state index is 12.8. The highest BCUT2D eigenvalue weighted by Gasteiger charge is 2.22. The predicted octanol–water partition coefficient (Wildman–Crippen LogP) is 5.71. The molecule has 176 valence electrons. The van der Waals surface area contributed by atoms with E-state index in [4.69, 9.17) is 0 Å². The molecule has 35 heavy (non-hydrogen) atoms. The van der Waals surface area contributed by atoms with Crippen LogP contribution in [0.25, 0.3) is 17.0 Å². The minimum atomic E-state index is -0.0639. The lowest BCUT2D eigenvalue weighted by Crippen LogP contribution is -2.32. The Hall–Kier alpha value is -3.35. The SMILES string of the molecule is O=C(NCc1ccc(CN2CCC(c3ccccc3)CC2)cc1)C1=Cc2n[nH]c3cccc(c23)S1. The van der Waals surface area contributed by atoms with E-state index in [1.165, 1.54) is 35.7 Å². The Bertz CT molecular complexity index is 1370. The van der Waals surface area contributed by atoms with Crippen molar-refractivity contribution in [1.82, 2.24) is 20.4 Å². The maximum atomic E-state index is 12.8. The molecule has 1 amide bonds. The monoisotopic (exact) mass is 480 g/mol. The van der Waals surface area contributed by atoms with Gasteiger partial charge in [0, 0.05) is 23.4 Å². The van der Waals surface area contributed by atoms with Crippen LogP contribution in [0.1, 0.15) is 41.1 Å². The number of nitrogens with zero attached hydrogens (tertiary/aromatic N) is 2. The van der Waals surface area contributed by atoms with Gasteiger partial charge in [-0.3, -0.25) is 14.8 Å². The average molecular weight is 481 g/mol. The molecule has 0 atom stereocenters. The van der Waals surface area contributed by atoms with E-state index in [0.717, 1.165) is 46.7 Å². The number of aromatic nitrogens is 2. The lowest BCUT2D eigenvalue weighted by atomic mass is 9.89. The van der Waals surface area contributed by atoms with Crippen LogP contribution in [-0.2, 0) is 17.9 Å². The fourth-order valence-electron chi connectivity index (χ4n) is 5.08. The summed E-state index contributed by atoms with van der Waals surface area (Å²) in [5.74, 6) is 0.620. The molecule has 5 nitrogen and oxygen atoms in total. The number of piperidine rings is 1. The van der Waals surface area contributed by atoms with Crippen molar-refractivity contribution in [1.29, 1.82) is 0 Å². The van der Waals surface area contributed by atoms with E-state index in [-0.39, 0.29) is 5.91 Å². The van der Waals surface area contributed by atoms with Gasteiger partial charge in [-0.1, -0.05) is 72.4 Å². The number of likely N-dealkylation sites (tertiary alicyclic amines) is 1. The van der Waals surface area contributed by atoms with Crippen molar-refractivity contribution in [3.05, 3.63) is 100 Å². The van der Waals surface area contributed by atoms with E-state index in [1.807, 2.05) is 24.3 Å². The minimum absolute atomic E-state index is 0.0639. The van der Waals surface area contributed by atoms with Crippen molar-refractivity contribution in [3.63, 3.8) is 0 Å². The van der Waals surface area contributed by atoms with Crippen LogP contribution in [0.15, 0.2) is 82.6 Å². The van der Waals surface area contributed by atoms with E-state index in [2.05, 4.69) is 75.0 Å². The zero-order valence-electron chi connectivity index (χ0n) is 19.5. The Labute approximate surface area is 209 Å². The normalized spacial score (nSPS) is 16.3. The number of carbonyl (C=O) groups is 1. The molecule has 0 aliphatic carbocycles. The molecule has 4 aromatic rings. The maximum Gasteiger partial charge on any atom is 0.258 e. The fraction of sp³-hybridized carbons (Fsp3) is 0.241. The van der Waals surface area contributed by atoms with Crippen LogP contribution in [-0.4, -0.2) is 34.1 Å². The number of nitrogens with one attached hydrogen (secondary N) is 2. The van der Waals surface area contributed by atoms with E-state index in [1.54, 1.807) is 0 Å². The summed E-state index contributed by atoms with van der Waals surface area (Å²) in [4.78, 5) is 17.1. The van der Waals surface area contributed by atoms with E-state index in [9.17, 15) is 4.79 Å². The fourth-order valence-corrected chi connectivity index (χ4v) is 6.11. The van der Waals surface area contributed by atoms with Crippen LogP contribution in [0.3, 0.4) is 0 Å². The van der Waals surface area contributed by atoms with Gasteiger partial charge in [-0.05, 0) is 66.7 Å². The molecule has 3 aromatic carbocycles. The molecule has 2 aliphatic heterocycles. The molecule has 1 saturated heterocycles. The Morgan fingerprint density at radius 1 is 0.971 bits per heavy atom. The standard InChI is InChI=1S/C29H28N4OS/c34-29(27-17-25-28-24(31-32-25)7-4-8-26(28)35-27)30-18-20-9-11-21(12-10-20)19-33-15-13-23(14-16-33)22-5-2-1-3-6-22/h1-12,17,23H,13-16,18-19H2,(H,30,34)(H,31,32). The quantitative estimate of drug-likeness (QED) is 0.371. The first kappa shape index (κ1) is 22.1. The lowest BCUT2D eigenvalue weighted by molar-refractivity contribution is -0.116. The highest BCUT2D eigenvalue weighted by atomic mass is 32.2. The molecular formula is C29H28N4OS. The molecule has 6 rings (SSSR count). The lowest BCUT2D eigenvalue weighted by Gasteiger charge is -2.32. The summed E-state index contributed by atoms with van der Waals surface area (Å²) in [6.07, 6.45) is 4.31. The third-order valence-electron chi connectivity index (χ3n) is 7.03. The number of rotatable bonds is 6. The van der Waals surface area contributed by atoms with E-state index in [0.29, 0.717) is 17.4 Å². The zero-order valence-corrected chi connectivity index (χ0v) is 20.4. The smallest absolute Gasteiger partial charge is 0.258 e. The van der Waals surface area contributed by atoms with Crippen molar-refractivity contribution in [3.8, 4) is 0 Å². The minimum Gasteiger partial charge on any atom is -0.348 e. The Morgan fingerprint density at radius 3 is 2.54 bits per heavy atom. The zero-order chi connectivity index (χ0) is 23.6. The molecule has 0 radical (unpaired) electrons. The molecule has 6 heteroatoms. The number of H-pyrrole nitrogens is 1. The van der Waals surface area contributed by atoms with E-state index < -0.39 is 0 Å². The average Bonchev–Trinajstić information content (AvgIpc) is 3.33. The second-order valence-corrected chi connectivity index (χ2v) is 10.4. The molecular weight excluding hydrogens is 452 g/mol. The first-order chi connectivity index (χ1) is 17.2. The van der Waals surface area contributed by atoms with Gasteiger partial charge in [-0.2, -0.15) is 5.10 Å². The van der Waals surface area contributed by atoms with Gasteiger partial charge in [-0.25, -0.2) is 0 Å². The Morgan fingerprint density at radius 2 is 1.74 bits per heavy atom. The van der Waals surface area contributed by atoms with Gasteiger partial charge in [0.25, 0.3) is 5.91 Å². The number of amides is 1. The van der Waals surface area contributed by atoms with E-state index >= 15 is 0 Å². The number of carbonyl (C=O) groups excluding carboxylic acids is 1. The summed E-state index contributed by atoms with van der Waals surface area (Å²) in [7, 11) is 0. The molecule has 0 bridgehead atoms. The van der Waals surface area contributed by atoms with Crippen molar-refractivity contribution in [2.45, 2.75) is 36.7 Å². The molecule has 2 aliphatic rings. The number of hydrogen-bond acceptors (Lipinski definition) is 4. The highest BCUT2D eigenvalue weighted by molar-refractivity contribution is 8.04. The third-order valence-corrected chi connectivity index (χ3v) is 8.11. The molecule has 0 saturated carbocycles. The van der Waals surface area contributed by atoms with Crippen molar-refractivity contribution < 1.29 is 4.79 Å². The second-order valence-electron chi connectivity index (χ2n) is 9.36. The number of benzene rings is 3. The second kappa shape index (κ2) is 9.72. The summed E-state index contributed by atoms with van der Waals surface area (Å²) in [6, 6.07) is 25.6. The molecule has 0 unspecified atom stereocenters. The topological polar surface area (TPSA) is 61.0 Å². The van der Waals surface area contributed by atoms with Crippen molar-refractivity contribution in [2.24, 2.45) is 0 Å². The van der Waals surface area contributed by atoms with Crippen LogP contribution in [0.5, 0.6) is 0 Å². The van der Waals surface area contributed by atoms with Gasteiger partial charge < -0.3 is 5.32 Å². The molecule has 1 aromatic heterocycles. The van der Waals surface area contributed by atoms with Crippen LogP contribution >= 0.6 is 11.8 Å². The van der Waals surface area contributed by atoms with Crippen LogP contribution < -0.4 is 5.32 Å². The Balaban J connectivity index is 1.01. The summed E-state index contributed by atoms with van der Waals surface area (Å²) >= 11 is 1.50. The number of thioether (sulfide) groups is 1. The summed E-state index contributed by atoms with van der Waals surface area (Å²) in [5.41, 5.74) is 5.73. The van der Waals surface area contributed by atoms with Crippen molar-refractivity contribution >= 4 is 34.6 Å². The molecule has 2 N–H and O–H groups in total. The number of hydrogen-bond donors (Lipinski definition) is 2. The molecule has 3 heterocycles. The van der Waals surface area contributed by atoms with Crippen molar-refractivity contribution in [2.75, 3.05) is 13.1 Å². The molecule has 0 spiro atoms.